The number of hydrogen-bond acceptors (Lipinski definition) is 4. The maximum Gasteiger partial charge on any atom is 0.249 e. The highest BCUT2D eigenvalue weighted by Crippen LogP contribution is 2.33. The van der Waals surface area contributed by atoms with E-state index in [2.05, 4.69) is 15.2 Å². The van der Waals surface area contributed by atoms with Crippen LogP contribution in [0.4, 0.5) is 5.69 Å². The van der Waals surface area contributed by atoms with Crippen molar-refractivity contribution in [3.63, 3.8) is 0 Å². The van der Waals surface area contributed by atoms with Gasteiger partial charge >= 0.3 is 0 Å². The summed E-state index contributed by atoms with van der Waals surface area (Å²) >= 11 is 6.40. The van der Waals surface area contributed by atoms with Crippen LogP contribution >= 0.6 is 11.6 Å². The fourth-order valence-electron chi connectivity index (χ4n) is 7.03. The quantitative estimate of drug-likeness (QED) is 0.267. The van der Waals surface area contributed by atoms with Gasteiger partial charge in [0.25, 0.3) is 0 Å². The van der Waals surface area contributed by atoms with E-state index in [1.165, 1.54) is 0 Å². The van der Waals surface area contributed by atoms with E-state index in [0.29, 0.717) is 50.3 Å². The summed E-state index contributed by atoms with van der Waals surface area (Å²) in [6.07, 6.45) is 4.62. The number of aromatic nitrogens is 1. The molecule has 2 atom stereocenters. The smallest absolute Gasteiger partial charge is 0.249 e. The number of halogens is 1. The summed E-state index contributed by atoms with van der Waals surface area (Å²) in [5, 5.41) is 4.87. The number of carbonyl (C=O) groups is 3. The number of amides is 3. The molecule has 3 aromatic carbocycles. The molecule has 1 saturated heterocycles. The number of piperidine rings is 1. The van der Waals surface area contributed by atoms with Crippen LogP contribution in [-0.4, -0.2) is 78.8 Å². The third-order valence-corrected chi connectivity index (χ3v) is 9.54. The number of hydrogen-bond donors (Lipinski definition) is 2. The van der Waals surface area contributed by atoms with Crippen molar-refractivity contribution < 1.29 is 14.4 Å². The van der Waals surface area contributed by atoms with Crippen LogP contribution in [-0.2, 0) is 33.6 Å². The second-order valence-electron chi connectivity index (χ2n) is 13.0. The molecule has 1 fully saturated rings. The largest absolute Gasteiger partial charge is 0.361 e. The Morgan fingerprint density at radius 2 is 1.74 bits per heavy atom. The minimum Gasteiger partial charge on any atom is -0.361 e. The number of rotatable bonds is 9. The molecular weight excluding hydrogens is 598 g/mol. The van der Waals surface area contributed by atoms with Gasteiger partial charge in [0.2, 0.25) is 17.7 Å². The van der Waals surface area contributed by atoms with E-state index in [0.717, 1.165) is 46.2 Å². The lowest BCUT2D eigenvalue weighted by Crippen LogP contribution is -2.54. The second kappa shape index (κ2) is 14.1. The minimum atomic E-state index is -0.758. The highest BCUT2D eigenvalue weighted by molar-refractivity contribution is 6.30. The van der Waals surface area contributed by atoms with Gasteiger partial charge in [-0.25, -0.2) is 0 Å². The number of para-hydroxylation sites is 1. The van der Waals surface area contributed by atoms with Crippen LogP contribution in [0.2, 0.25) is 5.02 Å². The maximum atomic E-state index is 14.6. The number of benzene rings is 3. The van der Waals surface area contributed by atoms with Crippen LogP contribution in [0.15, 0.2) is 79.0 Å². The monoisotopic (exact) mass is 639 g/mol. The van der Waals surface area contributed by atoms with Crippen LogP contribution in [0, 0.1) is 11.8 Å². The lowest BCUT2D eigenvalue weighted by molar-refractivity contribution is -0.136. The van der Waals surface area contributed by atoms with E-state index in [1.807, 2.05) is 103 Å². The molecule has 46 heavy (non-hydrogen) atoms. The zero-order valence-electron chi connectivity index (χ0n) is 26.5. The lowest BCUT2D eigenvalue weighted by atomic mass is 9.90. The number of nitrogens with one attached hydrogen (secondary N) is 2. The Morgan fingerprint density at radius 3 is 2.50 bits per heavy atom. The Kier molecular flexibility index (Phi) is 9.75. The minimum absolute atomic E-state index is 0.0774. The van der Waals surface area contributed by atoms with Crippen LogP contribution in [0.1, 0.15) is 29.5 Å². The van der Waals surface area contributed by atoms with Crippen LogP contribution < -0.4 is 10.2 Å². The molecule has 2 aliphatic heterocycles. The van der Waals surface area contributed by atoms with Crippen molar-refractivity contribution in [2.45, 2.75) is 38.1 Å². The first-order chi connectivity index (χ1) is 22.2. The number of nitrogens with zero attached hydrogens (tertiary/aromatic N) is 3. The summed E-state index contributed by atoms with van der Waals surface area (Å²) in [4.78, 5) is 50.5. The van der Waals surface area contributed by atoms with E-state index in [-0.39, 0.29) is 29.6 Å². The molecule has 0 unspecified atom stereocenters. The van der Waals surface area contributed by atoms with E-state index < -0.39 is 6.04 Å². The van der Waals surface area contributed by atoms with Gasteiger partial charge in [-0.15, -0.1) is 0 Å². The first kappa shape index (κ1) is 31.8. The van der Waals surface area contributed by atoms with Crippen molar-refractivity contribution in [3.05, 3.63) is 101 Å². The van der Waals surface area contributed by atoms with Crippen molar-refractivity contribution in [2.24, 2.45) is 11.8 Å². The Balaban J connectivity index is 1.21. The van der Waals surface area contributed by atoms with E-state index in [9.17, 15) is 14.4 Å². The molecule has 0 spiro atoms. The molecule has 1 aromatic heterocycles. The van der Waals surface area contributed by atoms with Gasteiger partial charge in [0.15, 0.2) is 0 Å². The number of aromatic amines is 1. The molecular formula is C37H42ClN5O3. The van der Waals surface area contributed by atoms with Crippen LogP contribution in [0.5, 0.6) is 0 Å². The molecule has 240 valence electrons. The molecule has 3 heterocycles. The summed E-state index contributed by atoms with van der Waals surface area (Å²) in [5.41, 5.74) is 4.86. The Labute approximate surface area is 275 Å². The highest BCUT2D eigenvalue weighted by atomic mass is 35.5. The first-order valence-electron chi connectivity index (χ1n) is 16.2. The van der Waals surface area contributed by atoms with Gasteiger partial charge in [0.05, 0.1) is 6.42 Å². The molecule has 0 bridgehead atoms. The average molecular weight is 640 g/mol. The van der Waals surface area contributed by atoms with Gasteiger partial charge in [-0.3, -0.25) is 14.4 Å². The van der Waals surface area contributed by atoms with E-state index >= 15 is 0 Å². The fourth-order valence-corrected chi connectivity index (χ4v) is 7.23. The molecule has 2 aliphatic rings. The molecule has 3 amide bonds. The van der Waals surface area contributed by atoms with Gasteiger partial charge in [-0.1, -0.05) is 60.1 Å². The molecule has 0 saturated carbocycles. The zero-order valence-corrected chi connectivity index (χ0v) is 27.3. The van der Waals surface area contributed by atoms with Crippen LogP contribution in [0.3, 0.4) is 0 Å². The molecule has 6 rings (SSSR count). The number of carbonyl (C=O) groups excluding carboxylic acids is 3. The van der Waals surface area contributed by atoms with Crippen molar-refractivity contribution in [1.29, 1.82) is 0 Å². The summed E-state index contributed by atoms with van der Waals surface area (Å²) in [6, 6.07) is 22.7. The van der Waals surface area contributed by atoms with Gasteiger partial charge in [-0.05, 0) is 80.2 Å². The summed E-state index contributed by atoms with van der Waals surface area (Å²) in [6.45, 7) is 2.44. The number of likely N-dealkylation sites (tertiary alicyclic amines) is 1. The predicted molar refractivity (Wildman–Crippen MR) is 183 cm³/mol. The summed E-state index contributed by atoms with van der Waals surface area (Å²) in [5.74, 6) is -0.221. The van der Waals surface area contributed by atoms with Gasteiger partial charge < -0.3 is 25.0 Å². The standard InChI is InChI=1S/C37H42ClN5O3/c1-41(2)23-26-18-28-20-30(38)12-13-34(28)43(24-26)37(46)33(21-29-22-39-32-11-7-6-10-31(29)32)40-36(45)27-14-16-42(17-15-27)35(44)19-25-8-4-3-5-9-25/h3-13,20,22,26-27,33,39H,14-19,21,23-24H2,1-2H3,(H,40,45)/t26-,33-/m1/s1. The topological polar surface area (TPSA) is 88.8 Å². The third-order valence-electron chi connectivity index (χ3n) is 9.30. The lowest BCUT2D eigenvalue weighted by Gasteiger charge is -2.38. The van der Waals surface area contributed by atoms with E-state index in [4.69, 9.17) is 11.6 Å². The normalized spacial score (nSPS) is 17.6. The average Bonchev–Trinajstić information content (AvgIpc) is 3.46. The number of anilines is 1. The summed E-state index contributed by atoms with van der Waals surface area (Å²) in [7, 11) is 4.08. The number of fused-ring (bicyclic) bond motifs is 2. The van der Waals surface area contributed by atoms with Crippen LogP contribution in [0.25, 0.3) is 10.9 Å². The van der Waals surface area contributed by atoms with Crippen molar-refractivity contribution in [2.75, 3.05) is 45.2 Å². The van der Waals surface area contributed by atoms with Crippen molar-refractivity contribution >= 4 is 45.9 Å². The third kappa shape index (κ3) is 7.29. The van der Waals surface area contributed by atoms with Gasteiger partial charge in [0.1, 0.15) is 6.04 Å². The molecule has 0 aliphatic carbocycles. The Bertz CT molecular complexity index is 1700. The second-order valence-corrected chi connectivity index (χ2v) is 13.4. The molecule has 4 aromatic rings. The van der Waals surface area contributed by atoms with E-state index in [1.54, 1.807) is 0 Å². The summed E-state index contributed by atoms with van der Waals surface area (Å²) < 4.78 is 0. The van der Waals surface area contributed by atoms with Crippen molar-refractivity contribution in [3.8, 4) is 0 Å². The Morgan fingerprint density at radius 1 is 1.00 bits per heavy atom. The number of H-pyrrole nitrogens is 1. The predicted octanol–water partition coefficient (Wildman–Crippen LogP) is 5.10. The van der Waals surface area contributed by atoms with Gasteiger partial charge in [0, 0.05) is 66.3 Å². The van der Waals surface area contributed by atoms with Gasteiger partial charge in [-0.2, -0.15) is 0 Å². The first-order valence-corrected chi connectivity index (χ1v) is 16.5. The molecule has 0 radical (unpaired) electrons. The fraction of sp³-hybridized carbons (Fsp3) is 0.378. The zero-order chi connectivity index (χ0) is 32.2. The SMILES string of the molecule is CN(C)C[C@H]1Cc2cc(Cl)ccc2N(C(=O)[C@@H](Cc2c[nH]c3ccccc23)NC(=O)C2CCN(C(=O)Cc3ccccc3)CC2)C1. The molecule has 9 heteroatoms. The maximum absolute atomic E-state index is 14.6. The van der Waals surface area contributed by atoms with Crippen molar-refractivity contribution in [1.82, 2.24) is 20.1 Å². The molecule has 2 N–H and O–H groups in total. The highest BCUT2D eigenvalue weighted by Gasteiger charge is 2.36. The Hall–Kier alpha value is -4.14. The molecule has 8 nitrogen and oxygen atoms in total.